The molecule has 0 unspecified atom stereocenters. The van der Waals surface area contributed by atoms with Crippen LogP contribution >= 0.6 is 11.6 Å². The van der Waals surface area contributed by atoms with Crippen molar-refractivity contribution in [3.63, 3.8) is 0 Å². The third-order valence-corrected chi connectivity index (χ3v) is 6.99. The van der Waals surface area contributed by atoms with Gasteiger partial charge in [-0.25, -0.2) is 17.5 Å². The van der Waals surface area contributed by atoms with Crippen LogP contribution in [0.2, 0.25) is 5.02 Å². The number of amides is 1. The summed E-state index contributed by atoms with van der Waals surface area (Å²) in [5, 5.41) is 11.5. The van der Waals surface area contributed by atoms with Crippen LogP contribution in [0.5, 0.6) is 0 Å². The number of nitrogens with one attached hydrogen (secondary N) is 3. The Hall–Kier alpha value is -3.27. The highest BCUT2D eigenvalue weighted by Crippen LogP contribution is 2.43. The van der Waals surface area contributed by atoms with Gasteiger partial charge in [-0.05, 0) is 54.1 Å². The summed E-state index contributed by atoms with van der Waals surface area (Å²) in [6, 6.07) is 16.5. The Morgan fingerprint density at radius 1 is 1.09 bits per heavy atom. The zero-order valence-electron chi connectivity index (χ0n) is 19.0. The van der Waals surface area contributed by atoms with E-state index >= 15 is 0 Å². The van der Waals surface area contributed by atoms with E-state index in [1.54, 1.807) is 61.5 Å². The van der Waals surface area contributed by atoms with Gasteiger partial charge in [0.1, 0.15) is 5.82 Å². The molecule has 3 aromatic rings. The number of hydrogen-bond acceptors (Lipinski definition) is 5. The number of carbonyl (C=O) groups is 1. The lowest BCUT2D eigenvalue weighted by Gasteiger charge is -2.30. The van der Waals surface area contributed by atoms with Gasteiger partial charge in [0.15, 0.2) is 0 Å². The molecule has 1 aliphatic rings. The highest BCUT2D eigenvalue weighted by Gasteiger charge is 2.48. The summed E-state index contributed by atoms with van der Waals surface area (Å²) in [6.45, 7) is 1.68. The van der Waals surface area contributed by atoms with Crippen molar-refractivity contribution in [3.8, 4) is 0 Å². The SMILES string of the molecule is C[C@@H]1C(=O)N(c2ccc(Nc3ccc(F)cc3)c(C=N)c2)[C@H](c2ccccc2Cl)[C@H]1NS(C)(=O)=O. The number of anilines is 3. The molecule has 1 heterocycles. The summed E-state index contributed by atoms with van der Waals surface area (Å²) in [7, 11) is -3.63. The van der Waals surface area contributed by atoms with Crippen LogP contribution in [-0.4, -0.2) is 32.8 Å². The lowest BCUT2D eigenvalue weighted by molar-refractivity contribution is -0.120. The number of halogens is 2. The molecule has 7 nitrogen and oxygen atoms in total. The van der Waals surface area contributed by atoms with E-state index in [-0.39, 0.29) is 11.7 Å². The molecule has 0 spiro atoms. The Bertz CT molecular complexity index is 1380. The van der Waals surface area contributed by atoms with Crippen LogP contribution in [0.15, 0.2) is 66.7 Å². The van der Waals surface area contributed by atoms with Gasteiger partial charge >= 0.3 is 0 Å². The summed E-state index contributed by atoms with van der Waals surface area (Å²) in [5.41, 5.74) is 2.82. The molecule has 1 fully saturated rings. The molecule has 3 atom stereocenters. The second-order valence-electron chi connectivity index (χ2n) is 8.43. The van der Waals surface area contributed by atoms with E-state index in [0.717, 1.165) is 12.5 Å². The lowest BCUT2D eigenvalue weighted by Crippen LogP contribution is -2.41. The molecule has 3 aromatic carbocycles. The predicted octanol–water partition coefficient (Wildman–Crippen LogP) is 4.86. The maximum Gasteiger partial charge on any atom is 0.232 e. The van der Waals surface area contributed by atoms with E-state index in [1.807, 2.05) is 0 Å². The molecule has 1 amide bonds. The van der Waals surface area contributed by atoms with Crippen LogP contribution in [0.3, 0.4) is 0 Å². The molecule has 0 saturated carbocycles. The lowest BCUT2D eigenvalue weighted by atomic mass is 9.95. The van der Waals surface area contributed by atoms with Gasteiger partial charge in [-0.2, -0.15) is 0 Å². The molecule has 0 radical (unpaired) electrons. The van der Waals surface area contributed by atoms with Crippen molar-refractivity contribution >= 4 is 50.8 Å². The van der Waals surface area contributed by atoms with Gasteiger partial charge in [-0.15, -0.1) is 0 Å². The fourth-order valence-corrected chi connectivity index (χ4v) is 5.39. The van der Waals surface area contributed by atoms with E-state index in [4.69, 9.17) is 17.0 Å². The molecule has 1 aliphatic heterocycles. The third kappa shape index (κ3) is 5.22. The van der Waals surface area contributed by atoms with Gasteiger partial charge in [0.2, 0.25) is 15.9 Å². The first-order chi connectivity index (χ1) is 16.6. The van der Waals surface area contributed by atoms with Crippen molar-refractivity contribution in [2.45, 2.75) is 19.0 Å². The van der Waals surface area contributed by atoms with Gasteiger partial charge in [0.05, 0.1) is 24.3 Å². The third-order valence-electron chi connectivity index (χ3n) is 5.95. The van der Waals surface area contributed by atoms with Crippen LogP contribution in [-0.2, 0) is 14.8 Å². The Kier molecular flexibility index (Phi) is 6.93. The number of carbonyl (C=O) groups excluding carboxylic acids is 1. The van der Waals surface area contributed by atoms with Crippen molar-refractivity contribution in [3.05, 3.63) is 88.7 Å². The minimum atomic E-state index is -3.63. The number of nitrogens with zero attached hydrogens (tertiary/aromatic N) is 1. The summed E-state index contributed by atoms with van der Waals surface area (Å²) >= 11 is 6.49. The molecule has 182 valence electrons. The largest absolute Gasteiger partial charge is 0.355 e. The number of hydrogen-bond donors (Lipinski definition) is 3. The quantitative estimate of drug-likeness (QED) is 0.392. The molecule has 1 saturated heterocycles. The molecule has 4 rings (SSSR count). The van der Waals surface area contributed by atoms with Gasteiger partial charge in [-0.1, -0.05) is 36.7 Å². The van der Waals surface area contributed by atoms with E-state index < -0.39 is 28.0 Å². The molecule has 10 heteroatoms. The van der Waals surface area contributed by atoms with Crippen LogP contribution in [0, 0.1) is 17.1 Å². The zero-order valence-corrected chi connectivity index (χ0v) is 20.6. The minimum absolute atomic E-state index is 0.272. The van der Waals surface area contributed by atoms with E-state index in [1.165, 1.54) is 17.0 Å². The van der Waals surface area contributed by atoms with Gasteiger partial charge in [0.25, 0.3) is 0 Å². The number of sulfonamides is 1. The van der Waals surface area contributed by atoms with E-state index in [0.29, 0.717) is 33.2 Å². The molecular formula is C25H24ClFN4O3S. The average molecular weight is 515 g/mol. The van der Waals surface area contributed by atoms with Gasteiger partial charge in [0, 0.05) is 33.9 Å². The second kappa shape index (κ2) is 9.77. The van der Waals surface area contributed by atoms with Crippen LogP contribution in [0.1, 0.15) is 24.1 Å². The first kappa shape index (κ1) is 24.8. The van der Waals surface area contributed by atoms with Crippen molar-refractivity contribution in [2.24, 2.45) is 5.92 Å². The Labute approximate surface area is 208 Å². The number of benzene rings is 3. The molecule has 3 N–H and O–H groups in total. The molecule has 0 aromatic heterocycles. The topological polar surface area (TPSA) is 102 Å². The molecule has 35 heavy (non-hydrogen) atoms. The molecule has 0 aliphatic carbocycles. The summed E-state index contributed by atoms with van der Waals surface area (Å²) in [6.07, 6.45) is 2.20. The Morgan fingerprint density at radius 3 is 2.40 bits per heavy atom. The van der Waals surface area contributed by atoms with Crippen molar-refractivity contribution in [1.29, 1.82) is 5.41 Å². The standard InChI is InChI=1S/C25H24ClFN4O3S/c1-15-23(30-35(2,33)34)24(20-5-3-4-6-21(20)26)31(25(15)32)19-11-12-22(16(13-19)14-28)29-18-9-7-17(27)8-10-18/h3-15,23-24,28-30H,1-2H3/t15-,23-,24+/m0/s1. The average Bonchev–Trinajstić information content (AvgIpc) is 3.05. The maximum atomic E-state index is 13.4. The highest BCUT2D eigenvalue weighted by atomic mass is 35.5. The second-order valence-corrected chi connectivity index (χ2v) is 10.6. The van der Waals surface area contributed by atoms with Crippen molar-refractivity contribution in [2.75, 3.05) is 16.5 Å². The Morgan fingerprint density at radius 2 is 1.77 bits per heavy atom. The zero-order chi connectivity index (χ0) is 25.3. The van der Waals surface area contributed by atoms with E-state index in [9.17, 15) is 17.6 Å². The van der Waals surface area contributed by atoms with Crippen LogP contribution < -0.4 is 14.9 Å². The summed E-state index contributed by atoms with van der Waals surface area (Å²) in [5.74, 6) is -1.29. The maximum absolute atomic E-state index is 13.4. The van der Waals surface area contributed by atoms with Crippen molar-refractivity contribution < 1.29 is 17.6 Å². The smallest absolute Gasteiger partial charge is 0.232 e. The number of rotatable bonds is 7. The van der Waals surface area contributed by atoms with Gasteiger partial charge < -0.3 is 15.6 Å². The highest BCUT2D eigenvalue weighted by molar-refractivity contribution is 7.88. The van der Waals surface area contributed by atoms with Gasteiger partial charge in [-0.3, -0.25) is 4.79 Å². The Balaban J connectivity index is 1.78. The normalized spacial score (nSPS) is 20.2. The summed E-state index contributed by atoms with van der Waals surface area (Å²) < 4.78 is 40.2. The predicted molar refractivity (Wildman–Crippen MR) is 137 cm³/mol. The van der Waals surface area contributed by atoms with Crippen LogP contribution in [0.25, 0.3) is 0 Å². The first-order valence-corrected chi connectivity index (χ1v) is 13.1. The monoisotopic (exact) mass is 514 g/mol. The summed E-state index contributed by atoms with van der Waals surface area (Å²) in [4.78, 5) is 15.0. The van der Waals surface area contributed by atoms with Crippen molar-refractivity contribution in [1.82, 2.24) is 4.72 Å². The molecular weight excluding hydrogens is 491 g/mol. The van der Waals surface area contributed by atoms with Crippen LogP contribution in [0.4, 0.5) is 21.5 Å². The fourth-order valence-electron chi connectivity index (χ4n) is 4.32. The first-order valence-electron chi connectivity index (χ1n) is 10.8. The minimum Gasteiger partial charge on any atom is -0.355 e. The molecule has 0 bridgehead atoms. The van der Waals surface area contributed by atoms with E-state index in [2.05, 4.69) is 10.0 Å². The fraction of sp³-hybridized carbons (Fsp3) is 0.200.